The predicted molar refractivity (Wildman–Crippen MR) is 110 cm³/mol. The smallest absolute Gasteiger partial charge is 0.291 e. The predicted octanol–water partition coefficient (Wildman–Crippen LogP) is 5.97. The summed E-state index contributed by atoms with van der Waals surface area (Å²) < 4.78 is 12.3. The molecule has 8 heteroatoms. The molecular weight excluding hydrogens is 487 g/mol. The number of methoxy groups -OCH3 is 1. The number of carbonyl (C=O) groups is 1. The maximum absolute atomic E-state index is 12.6. The monoisotopic (exact) mass is 498 g/mol. The number of carbonyl (C=O) groups excluding carboxylic acids is 1. The third kappa shape index (κ3) is 3.90. The number of rotatable bonds is 4. The first-order valence-electron chi connectivity index (χ1n) is 7.38. The Labute approximate surface area is 171 Å². The average Bonchev–Trinajstić information content (AvgIpc) is 3.06. The second-order valence-corrected chi connectivity index (χ2v) is 7.47. The number of amides is 1. The molecule has 0 aliphatic carbocycles. The van der Waals surface area contributed by atoms with Crippen molar-refractivity contribution in [1.82, 2.24) is 0 Å². The molecule has 0 atom stereocenters. The van der Waals surface area contributed by atoms with Gasteiger partial charge in [0.25, 0.3) is 5.91 Å². The third-order valence-electron chi connectivity index (χ3n) is 3.56. The number of ether oxygens (including phenoxy) is 1. The zero-order chi connectivity index (χ0) is 18.8. The number of anilines is 2. The van der Waals surface area contributed by atoms with Crippen molar-refractivity contribution in [1.29, 1.82) is 0 Å². The first-order chi connectivity index (χ1) is 12.4. The van der Waals surface area contributed by atoms with Gasteiger partial charge in [-0.2, -0.15) is 0 Å². The highest BCUT2D eigenvalue weighted by Crippen LogP contribution is 2.36. The Bertz CT molecular complexity index is 989. The summed E-state index contributed by atoms with van der Waals surface area (Å²) in [4.78, 5) is 12.6. The van der Waals surface area contributed by atoms with E-state index in [4.69, 9.17) is 26.5 Å². The summed E-state index contributed by atoms with van der Waals surface area (Å²) >= 11 is 12.8. The van der Waals surface area contributed by atoms with Gasteiger partial charge < -0.3 is 20.2 Å². The van der Waals surface area contributed by atoms with Gasteiger partial charge in [-0.3, -0.25) is 4.79 Å². The van der Waals surface area contributed by atoms with E-state index in [9.17, 15) is 4.79 Å². The van der Waals surface area contributed by atoms with Gasteiger partial charge in [0.1, 0.15) is 11.5 Å². The fraction of sp³-hybridized carbons (Fsp3) is 0.0556. The molecule has 5 nitrogen and oxygen atoms in total. The Morgan fingerprint density at radius 3 is 2.62 bits per heavy atom. The minimum absolute atomic E-state index is 0.160. The molecule has 2 aromatic carbocycles. The van der Waals surface area contributed by atoms with Crippen LogP contribution in [-0.2, 0) is 0 Å². The standard InChI is InChI=1S/C18H13Br2ClN2O3/c1-25-16-8-10(22)7-13(20)17(16)23-18(24)15-5-4-14(26-15)11-3-2-9(21)6-12(11)19/h2-8H,22H2,1H3,(H,23,24). The van der Waals surface area contributed by atoms with Crippen LogP contribution in [0.2, 0.25) is 5.02 Å². The van der Waals surface area contributed by atoms with Crippen molar-refractivity contribution in [2.75, 3.05) is 18.2 Å². The summed E-state index contributed by atoms with van der Waals surface area (Å²) in [5.41, 5.74) is 7.56. The minimum atomic E-state index is -0.412. The molecule has 0 fully saturated rings. The van der Waals surface area contributed by atoms with E-state index in [0.29, 0.717) is 32.4 Å². The van der Waals surface area contributed by atoms with E-state index in [0.717, 1.165) is 10.0 Å². The van der Waals surface area contributed by atoms with E-state index in [1.807, 2.05) is 6.07 Å². The number of nitrogen functional groups attached to an aromatic ring is 1. The lowest BCUT2D eigenvalue weighted by atomic mass is 10.2. The molecule has 0 aliphatic heterocycles. The molecule has 26 heavy (non-hydrogen) atoms. The van der Waals surface area contributed by atoms with Crippen LogP contribution in [0, 0.1) is 0 Å². The van der Waals surface area contributed by atoms with Gasteiger partial charge in [-0.1, -0.05) is 11.6 Å². The van der Waals surface area contributed by atoms with E-state index < -0.39 is 5.91 Å². The molecule has 0 unspecified atom stereocenters. The molecule has 3 aromatic rings. The lowest BCUT2D eigenvalue weighted by Crippen LogP contribution is -2.12. The number of hydrogen-bond acceptors (Lipinski definition) is 4. The summed E-state index contributed by atoms with van der Waals surface area (Å²) in [5.74, 6) is 0.734. The topological polar surface area (TPSA) is 77.5 Å². The highest BCUT2D eigenvalue weighted by molar-refractivity contribution is 9.11. The zero-order valence-electron chi connectivity index (χ0n) is 13.5. The number of benzene rings is 2. The SMILES string of the molecule is COc1cc(N)cc(Br)c1NC(=O)c1ccc(-c2ccc(Cl)cc2Br)o1. The second-order valence-electron chi connectivity index (χ2n) is 5.32. The number of nitrogens with one attached hydrogen (secondary N) is 1. The molecule has 134 valence electrons. The fourth-order valence-electron chi connectivity index (χ4n) is 2.35. The molecule has 3 N–H and O–H groups in total. The van der Waals surface area contributed by atoms with Crippen molar-refractivity contribution in [3.8, 4) is 17.1 Å². The highest BCUT2D eigenvalue weighted by Gasteiger charge is 2.18. The highest BCUT2D eigenvalue weighted by atomic mass is 79.9. The van der Waals surface area contributed by atoms with Gasteiger partial charge in [-0.25, -0.2) is 0 Å². The van der Waals surface area contributed by atoms with Gasteiger partial charge in [-0.15, -0.1) is 0 Å². The number of hydrogen-bond donors (Lipinski definition) is 2. The van der Waals surface area contributed by atoms with Crippen LogP contribution in [0.3, 0.4) is 0 Å². The normalized spacial score (nSPS) is 10.6. The largest absolute Gasteiger partial charge is 0.494 e. The Hall–Kier alpha value is -1.96. The summed E-state index contributed by atoms with van der Waals surface area (Å²) in [6.07, 6.45) is 0. The maximum Gasteiger partial charge on any atom is 0.291 e. The number of furan rings is 1. The van der Waals surface area contributed by atoms with E-state index in [1.54, 1.807) is 36.4 Å². The van der Waals surface area contributed by atoms with Gasteiger partial charge in [0, 0.05) is 31.3 Å². The van der Waals surface area contributed by atoms with Crippen molar-refractivity contribution in [2.45, 2.75) is 0 Å². The Morgan fingerprint density at radius 2 is 1.92 bits per heavy atom. The average molecular weight is 501 g/mol. The van der Waals surface area contributed by atoms with Crippen LogP contribution in [0.25, 0.3) is 11.3 Å². The number of halogens is 3. The lowest BCUT2D eigenvalue weighted by Gasteiger charge is -2.12. The van der Waals surface area contributed by atoms with Crippen molar-refractivity contribution in [3.05, 3.63) is 62.2 Å². The van der Waals surface area contributed by atoms with Gasteiger partial charge >= 0.3 is 0 Å². The zero-order valence-corrected chi connectivity index (χ0v) is 17.4. The molecule has 3 rings (SSSR count). The van der Waals surface area contributed by atoms with E-state index >= 15 is 0 Å². The Kier molecular flexibility index (Phi) is 5.60. The Morgan fingerprint density at radius 1 is 1.15 bits per heavy atom. The molecule has 1 heterocycles. The summed E-state index contributed by atoms with van der Waals surface area (Å²) in [6.45, 7) is 0. The van der Waals surface area contributed by atoms with Crippen LogP contribution in [0.4, 0.5) is 11.4 Å². The van der Waals surface area contributed by atoms with Crippen LogP contribution in [0.15, 0.2) is 55.8 Å². The molecule has 0 saturated carbocycles. The van der Waals surface area contributed by atoms with Crippen molar-refractivity contribution in [3.63, 3.8) is 0 Å². The molecule has 0 aliphatic rings. The first-order valence-corrected chi connectivity index (χ1v) is 9.35. The van der Waals surface area contributed by atoms with Crippen molar-refractivity contribution >= 4 is 60.7 Å². The van der Waals surface area contributed by atoms with E-state index in [-0.39, 0.29) is 5.76 Å². The fourth-order valence-corrected chi connectivity index (χ4v) is 3.79. The van der Waals surface area contributed by atoms with Crippen LogP contribution < -0.4 is 15.8 Å². The summed E-state index contributed by atoms with van der Waals surface area (Å²) in [6, 6.07) is 11.9. The van der Waals surface area contributed by atoms with E-state index in [1.165, 1.54) is 7.11 Å². The van der Waals surface area contributed by atoms with Crippen LogP contribution in [0.5, 0.6) is 5.75 Å². The molecule has 0 saturated heterocycles. The third-order valence-corrected chi connectivity index (χ3v) is 5.08. The molecule has 0 bridgehead atoms. The van der Waals surface area contributed by atoms with Gasteiger partial charge in [0.15, 0.2) is 5.76 Å². The van der Waals surface area contributed by atoms with Gasteiger partial charge in [-0.05, 0) is 68.3 Å². The van der Waals surface area contributed by atoms with Crippen molar-refractivity contribution < 1.29 is 13.9 Å². The molecular formula is C18H13Br2ClN2O3. The molecule has 0 radical (unpaired) electrons. The first kappa shape index (κ1) is 18.8. The van der Waals surface area contributed by atoms with Crippen LogP contribution in [-0.4, -0.2) is 13.0 Å². The molecule has 0 spiro atoms. The maximum atomic E-state index is 12.6. The van der Waals surface area contributed by atoms with E-state index in [2.05, 4.69) is 37.2 Å². The van der Waals surface area contributed by atoms with Gasteiger partial charge in [0.05, 0.1) is 12.8 Å². The van der Waals surface area contributed by atoms with Crippen molar-refractivity contribution in [2.24, 2.45) is 0 Å². The Balaban J connectivity index is 1.88. The molecule has 1 aromatic heterocycles. The second kappa shape index (κ2) is 7.73. The minimum Gasteiger partial charge on any atom is -0.494 e. The van der Waals surface area contributed by atoms with Gasteiger partial charge in [0.2, 0.25) is 0 Å². The quantitative estimate of drug-likeness (QED) is 0.433. The van der Waals surface area contributed by atoms with Crippen LogP contribution in [0.1, 0.15) is 10.6 Å². The van der Waals surface area contributed by atoms with Crippen LogP contribution >= 0.6 is 43.5 Å². The lowest BCUT2D eigenvalue weighted by molar-refractivity contribution is 0.0997. The summed E-state index contributed by atoms with van der Waals surface area (Å²) in [7, 11) is 1.50. The molecule has 1 amide bonds. The summed E-state index contributed by atoms with van der Waals surface area (Å²) in [5, 5.41) is 3.37. The number of nitrogens with two attached hydrogens (primary N) is 1.